The second-order valence-corrected chi connectivity index (χ2v) is 8.49. The van der Waals surface area contributed by atoms with Crippen LogP contribution in [0.5, 0.6) is 0 Å². The summed E-state index contributed by atoms with van der Waals surface area (Å²) in [5.74, 6) is -2.23. The SMILES string of the molecule is CCN(CC)S(=O)(=O)c1cc(C(=O)OCC(=O)NNC(=O)c2ccccc2)ccc1Cl. The third-order valence-corrected chi connectivity index (χ3v) is 6.71. The zero-order valence-electron chi connectivity index (χ0n) is 16.9. The van der Waals surface area contributed by atoms with Crippen LogP contribution in [0.25, 0.3) is 0 Å². The molecule has 0 fully saturated rings. The first-order valence-electron chi connectivity index (χ1n) is 9.31. The lowest BCUT2D eigenvalue weighted by molar-refractivity contribution is -0.125. The Morgan fingerprint density at radius 1 is 0.968 bits per heavy atom. The molecule has 0 aliphatic heterocycles. The molecule has 0 saturated heterocycles. The zero-order valence-corrected chi connectivity index (χ0v) is 18.5. The maximum atomic E-state index is 12.7. The lowest BCUT2D eigenvalue weighted by Crippen LogP contribution is -2.43. The predicted molar refractivity (Wildman–Crippen MR) is 114 cm³/mol. The van der Waals surface area contributed by atoms with Crippen LogP contribution in [-0.2, 0) is 19.6 Å². The van der Waals surface area contributed by atoms with E-state index in [1.54, 1.807) is 44.2 Å². The van der Waals surface area contributed by atoms with E-state index in [1.165, 1.54) is 16.4 Å². The number of ether oxygens (including phenoxy) is 1. The third-order valence-electron chi connectivity index (χ3n) is 4.18. The minimum atomic E-state index is -3.90. The van der Waals surface area contributed by atoms with E-state index in [9.17, 15) is 22.8 Å². The van der Waals surface area contributed by atoms with E-state index in [4.69, 9.17) is 16.3 Å². The van der Waals surface area contributed by atoms with Gasteiger partial charge in [-0.25, -0.2) is 13.2 Å². The second kappa shape index (κ2) is 10.9. The van der Waals surface area contributed by atoms with Crippen molar-refractivity contribution in [1.29, 1.82) is 0 Å². The van der Waals surface area contributed by atoms with Crippen molar-refractivity contribution in [3.8, 4) is 0 Å². The first-order valence-corrected chi connectivity index (χ1v) is 11.1. The molecule has 166 valence electrons. The van der Waals surface area contributed by atoms with Gasteiger partial charge in [0.2, 0.25) is 10.0 Å². The van der Waals surface area contributed by atoms with Crippen LogP contribution in [0.4, 0.5) is 0 Å². The van der Waals surface area contributed by atoms with Gasteiger partial charge in [0.05, 0.1) is 10.6 Å². The molecule has 0 bridgehead atoms. The molecule has 2 amide bonds. The van der Waals surface area contributed by atoms with Crippen molar-refractivity contribution in [3.63, 3.8) is 0 Å². The number of hydrogen-bond acceptors (Lipinski definition) is 6. The quantitative estimate of drug-likeness (QED) is 0.452. The molecule has 11 heteroatoms. The summed E-state index contributed by atoms with van der Waals surface area (Å²) in [5.41, 5.74) is 4.56. The van der Waals surface area contributed by atoms with Crippen LogP contribution in [-0.4, -0.2) is 50.2 Å². The molecule has 2 aromatic rings. The largest absolute Gasteiger partial charge is 0.452 e. The fraction of sp³-hybridized carbons (Fsp3) is 0.250. The van der Waals surface area contributed by atoms with Gasteiger partial charge in [-0.15, -0.1) is 0 Å². The Labute approximate surface area is 185 Å². The highest BCUT2D eigenvalue weighted by Gasteiger charge is 2.26. The van der Waals surface area contributed by atoms with Crippen molar-refractivity contribution < 1.29 is 27.5 Å². The fourth-order valence-electron chi connectivity index (χ4n) is 2.57. The molecule has 31 heavy (non-hydrogen) atoms. The van der Waals surface area contributed by atoms with Crippen LogP contribution in [0, 0.1) is 0 Å². The molecule has 2 N–H and O–H groups in total. The number of hydrogen-bond donors (Lipinski definition) is 2. The van der Waals surface area contributed by atoms with Gasteiger partial charge in [0.25, 0.3) is 11.8 Å². The van der Waals surface area contributed by atoms with Gasteiger partial charge in [0.15, 0.2) is 6.61 Å². The summed E-state index contributed by atoms with van der Waals surface area (Å²) in [6.45, 7) is 3.15. The number of benzene rings is 2. The molecule has 0 aromatic heterocycles. The number of nitrogens with zero attached hydrogens (tertiary/aromatic N) is 1. The normalized spacial score (nSPS) is 11.1. The van der Waals surface area contributed by atoms with Gasteiger partial charge < -0.3 is 4.74 Å². The number of rotatable bonds is 8. The van der Waals surface area contributed by atoms with E-state index in [0.717, 1.165) is 6.07 Å². The fourth-order valence-corrected chi connectivity index (χ4v) is 4.53. The van der Waals surface area contributed by atoms with E-state index in [2.05, 4.69) is 10.9 Å². The van der Waals surface area contributed by atoms with Crippen LogP contribution < -0.4 is 10.9 Å². The third kappa shape index (κ3) is 6.27. The Morgan fingerprint density at radius 3 is 2.23 bits per heavy atom. The van der Waals surface area contributed by atoms with E-state index >= 15 is 0 Å². The van der Waals surface area contributed by atoms with Gasteiger partial charge in [0, 0.05) is 18.7 Å². The Balaban J connectivity index is 1.99. The molecule has 0 aliphatic carbocycles. The predicted octanol–water partition coefficient (Wildman–Crippen LogP) is 1.99. The highest BCUT2D eigenvalue weighted by atomic mass is 35.5. The van der Waals surface area contributed by atoms with E-state index in [0.29, 0.717) is 5.56 Å². The van der Waals surface area contributed by atoms with E-state index < -0.39 is 34.4 Å². The van der Waals surface area contributed by atoms with Crippen LogP contribution in [0.2, 0.25) is 5.02 Å². The minimum Gasteiger partial charge on any atom is -0.452 e. The Hall–Kier alpha value is -2.95. The van der Waals surface area contributed by atoms with Gasteiger partial charge in [-0.05, 0) is 30.3 Å². The molecule has 0 unspecified atom stereocenters. The summed E-state index contributed by atoms with van der Waals surface area (Å²) in [6, 6.07) is 11.9. The van der Waals surface area contributed by atoms with E-state index in [1.807, 2.05) is 0 Å². The van der Waals surface area contributed by atoms with Gasteiger partial charge in [-0.1, -0.05) is 43.6 Å². The molecule has 2 aromatic carbocycles. The standard InChI is InChI=1S/C20H22ClN3O6S/c1-3-24(4-2)31(28,29)17-12-15(10-11-16(17)21)20(27)30-13-18(25)22-23-19(26)14-8-6-5-7-9-14/h5-12H,3-4,13H2,1-2H3,(H,22,25)(H,23,26). The molecule has 0 spiro atoms. The van der Waals surface area contributed by atoms with Crippen molar-refractivity contribution in [3.05, 3.63) is 64.7 Å². The highest BCUT2D eigenvalue weighted by Crippen LogP contribution is 2.26. The highest BCUT2D eigenvalue weighted by molar-refractivity contribution is 7.89. The lowest BCUT2D eigenvalue weighted by atomic mass is 10.2. The topological polar surface area (TPSA) is 122 Å². The zero-order chi connectivity index (χ0) is 23.0. The molecule has 0 aliphatic rings. The first-order chi connectivity index (χ1) is 14.7. The molecule has 0 heterocycles. The molecule has 0 saturated carbocycles. The number of sulfonamides is 1. The molecular formula is C20H22ClN3O6S. The van der Waals surface area contributed by atoms with Crippen molar-refractivity contribution >= 4 is 39.4 Å². The summed E-state index contributed by atoms with van der Waals surface area (Å²) >= 11 is 6.03. The molecular weight excluding hydrogens is 446 g/mol. The van der Waals surface area contributed by atoms with Gasteiger partial charge in [-0.2, -0.15) is 4.31 Å². The average molecular weight is 468 g/mol. The molecule has 0 radical (unpaired) electrons. The number of hydrazine groups is 1. The van der Waals surface area contributed by atoms with Crippen LogP contribution in [0.1, 0.15) is 34.6 Å². The molecule has 9 nitrogen and oxygen atoms in total. The summed E-state index contributed by atoms with van der Waals surface area (Å²) < 4.78 is 31.5. The smallest absolute Gasteiger partial charge is 0.338 e. The number of halogens is 1. The minimum absolute atomic E-state index is 0.0372. The maximum Gasteiger partial charge on any atom is 0.338 e. The average Bonchev–Trinajstić information content (AvgIpc) is 2.77. The first kappa shape index (κ1) is 24.3. The summed E-state index contributed by atoms with van der Waals surface area (Å²) in [6.07, 6.45) is 0. The van der Waals surface area contributed by atoms with Gasteiger partial charge >= 0.3 is 5.97 Å². The number of esters is 1. The van der Waals surface area contributed by atoms with Gasteiger partial charge in [0.1, 0.15) is 4.90 Å². The van der Waals surface area contributed by atoms with E-state index in [-0.39, 0.29) is 28.6 Å². The summed E-state index contributed by atoms with van der Waals surface area (Å²) in [4.78, 5) is 35.7. The monoisotopic (exact) mass is 467 g/mol. The van der Waals surface area contributed by atoms with Crippen molar-refractivity contribution in [2.24, 2.45) is 0 Å². The van der Waals surface area contributed by atoms with Crippen LogP contribution >= 0.6 is 11.6 Å². The summed E-state index contributed by atoms with van der Waals surface area (Å²) in [5, 5.41) is -0.0372. The maximum absolute atomic E-state index is 12.7. The Morgan fingerprint density at radius 2 is 1.61 bits per heavy atom. The van der Waals surface area contributed by atoms with Crippen molar-refractivity contribution in [2.75, 3.05) is 19.7 Å². The number of carbonyl (C=O) groups is 3. The molecule has 0 atom stereocenters. The number of amides is 2. The lowest BCUT2D eigenvalue weighted by Gasteiger charge is -2.19. The van der Waals surface area contributed by atoms with Crippen LogP contribution in [0.3, 0.4) is 0 Å². The Bertz CT molecular complexity index is 1060. The Kier molecular flexibility index (Phi) is 8.55. The van der Waals surface area contributed by atoms with Gasteiger partial charge in [-0.3, -0.25) is 20.4 Å². The van der Waals surface area contributed by atoms with Crippen LogP contribution in [0.15, 0.2) is 53.4 Å². The number of carbonyl (C=O) groups excluding carboxylic acids is 3. The second-order valence-electron chi connectivity index (χ2n) is 6.18. The molecule has 2 rings (SSSR count). The number of nitrogens with one attached hydrogen (secondary N) is 2. The van der Waals surface area contributed by atoms with Crippen molar-refractivity contribution in [1.82, 2.24) is 15.2 Å². The summed E-state index contributed by atoms with van der Waals surface area (Å²) in [7, 11) is -3.90. The van der Waals surface area contributed by atoms with Crippen molar-refractivity contribution in [2.45, 2.75) is 18.7 Å².